The number of allylic oxidation sites excluding steroid dienone is 1. The standard InChI is InChI=1S/C10H18ClNO2/c1-3-8-14-10(13)9(4-6-11)5-7-12-2/h4,12H,3,5-8H2,1-2H3. The monoisotopic (exact) mass is 219 g/mol. The molecule has 0 spiro atoms. The van der Waals surface area contributed by atoms with E-state index in [1.165, 1.54) is 0 Å². The maximum atomic E-state index is 11.4. The molecule has 0 saturated carbocycles. The highest BCUT2D eigenvalue weighted by Crippen LogP contribution is 2.04. The van der Waals surface area contributed by atoms with Gasteiger partial charge in [-0.2, -0.15) is 0 Å². The van der Waals surface area contributed by atoms with Crippen LogP contribution in [0.3, 0.4) is 0 Å². The van der Waals surface area contributed by atoms with Crippen molar-refractivity contribution in [1.82, 2.24) is 5.32 Å². The average Bonchev–Trinajstić information content (AvgIpc) is 2.20. The lowest BCUT2D eigenvalue weighted by atomic mass is 10.2. The van der Waals surface area contributed by atoms with Crippen LogP contribution < -0.4 is 5.32 Å². The van der Waals surface area contributed by atoms with Crippen molar-refractivity contribution in [1.29, 1.82) is 0 Å². The minimum Gasteiger partial charge on any atom is -0.462 e. The molecular formula is C10H18ClNO2. The van der Waals surface area contributed by atoms with E-state index < -0.39 is 0 Å². The second-order valence-electron chi connectivity index (χ2n) is 2.87. The van der Waals surface area contributed by atoms with Crippen LogP contribution >= 0.6 is 11.6 Å². The van der Waals surface area contributed by atoms with Crippen LogP contribution in [0, 0.1) is 0 Å². The Hall–Kier alpha value is -0.540. The normalized spacial score (nSPS) is 11.5. The minimum absolute atomic E-state index is 0.247. The summed E-state index contributed by atoms with van der Waals surface area (Å²) < 4.78 is 5.01. The summed E-state index contributed by atoms with van der Waals surface area (Å²) in [4.78, 5) is 11.4. The lowest BCUT2D eigenvalue weighted by molar-refractivity contribution is -0.139. The summed E-state index contributed by atoms with van der Waals surface area (Å²) in [6, 6.07) is 0. The lowest BCUT2D eigenvalue weighted by Gasteiger charge is -2.06. The van der Waals surface area contributed by atoms with Crippen molar-refractivity contribution in [2.24, 2.45) is 0 Å². The van der Waals surface area contributed by atoms with Gasteiger partial charge in [0.2, 0.25) is 0 Å². The summed E-state index contributed by atoms with van der Waals surface area (Å²) in [6.07, 6.45) is 3.20. The van der Waals surface area contributed by atoms with Gasteiger partial charge in [0, 0.05) is 11.5 Å². The summed E-state index contributed by atoms with van der Waals surface area (Å²) in [5, 5.41) is 2.98. The summed E-state index contributed by atoms with van der Waals surface area (Å²) in [7, 11) is 1.84. The van der Waals surface area contributed by atoms with Crippen molar-refractivity contribution >= 4 is 17.6 Å². The zero-order chi connectivity index (χ0) is 10.8. The number of ether oxygens (including phenoxy) is 1. The van der Waals surface area contributed by atoms with Crippen LogP contribution in [0.4, 0.5) is 0 Å². The Morgan fingerprint density at radius 2 is 2.29 bits per heavy atom. The minimum atomic E-state index is -0.247. The van der Waals surface area contributed by atoms with Gasteiger partial charge < -0.3 is 10.1 Å². The third-order valence-electron chi connectivity index (χ3n) is 1.67. The molecule has 0 aliphatic rings. The number of carbonyl (C=O) groups is 1. The number of halogens is 1. The Labute approximate surface area is 90.5 Å². The Morgan fingerprint density at radius 1 is 1.57 bits per heavy atom. The fraction of sp³-hybridized carbons (Fsp3) is 0.700. The molecule has 0 aromatic carbocycles. The molecule has 0 heterocycles. The van der Waals surface area contributed by atoms with Crippen molar-refractivity contribution < 1.29 is 9.53 Å². The van der Waals surface area contributed by atoms with Gasteiger partial charge in [-0.25, -0.2) is 4.79 Å². The molecule has 0 unspecified atom stereocenters. The zero-order valence-electron chi connectivity index (χ0n) is 8.81. The highest BCUT2D eigenvalue weighted by atomic mass is 35.5. The van der Waals surface area contributed by atoms with E-state index in [9.17, 15) is 4.79 Å². The van der Waals surface area contributed by atoms with Crippen LogP contribution in [-0.4, -0.2) is 32.0 Å². The number of hydrogen-bond acceptors (Lipinski definition) is 3. The van der Waals surface area contributed by atoms with Gasteiger partial charge in [0.15, 0.2) is 0 Å². The van der Waals surface area contributed by atoms with E-state index >= 15 is 0 Å². The Kier molecular flexibility index (Phi) is 8.68. The number of rotatable bonds is 7. The largest absolute Gasteiger partial charge is 0.462 e. The van der Waals surface area contributed by atoms with E-state index in [-0.39, 0.29) is 5.97 Å². The number of esters is 1. The lowest BCUT2D eigenvalue weighted by Crippen LogP contribution is -2.15. The molecule has 0 bridgehead atoms. The maximum Gasteiger partial charge on any atom is 0.333 e. The van der Waals surface area contributed by atoms with Crippen molar-refractivity contribution in [3.63, 3.8) is 0 Å². The molecular weight excluding hydrogens is 202 g/mol. The smallest absolute Gasteiger partial charge is 0.333 e. The molecule has 0 aromatic rings. The first-order valence-corrected chi connectivity index (χ1v) is 5.36. The van der Waals surface area contributed by atoms with E-state index in [0.717, 1.165) is 13.0 Å². The highest BCUT2D eigenvalue weighted by Gasteiger charge is 2.09. The topological polar surface area (TPSA) is 38.3 Å². The predicted octanol–water partition coefficient (Wildman–Crippen LogP) is 1.71. The highest BCUT2D eigenvalue weighted by molar-refractivity contribution is 6.19. The van der Waals surface area contributed by atoms with E-state index in [4.69, 9.17) is 16.3 Å². The first kappa shape index (κ1) is 13.5. The summed E-state index contributed by atoms with van der Waals surface area (Å²) >= 11 is 5.55. The van der Waals surface area contributed by atoms with Crippen LogP contribution in [0.1, 0.15) is 19.8 Å². The molecule has 0 atom stereocenters. The first-order valence-electron chi connectivity index (χ1n) is 4.83. The third-order valence-corrected chi connectivity index (χ3v) is 1.82. The number of hydrogen-bond donors (Lipinski definition) is 1. The van der Waals surface area contributed by atoms with Gasteiger partial charge in [0.05, 0.1) is 6.61 Å². The van der Waals surface area contributed by atoms with Crippen LogP contribution in [0.25, 0.3) is 0 Å². The molecule has 82 valence electrons. The molecule has 0 aliphatic carbocycles. The van der Waals surface area contributed by atoms with Gasteiger partial charge in [-0.3, -0.25) is 0 Å². The van der Waals surface area contributed by atoms with E-state index in [1.807, 2.05) is 14.0 Å². The van der Waals surface area contributed by atoms with Crippen molar-refractivity contribution in [2.45, 2.75) is 19.8 Å². The fourth-order valence-corrected chi connectivity index (χ4v) is 1.11. The SMILES string of the molecule is CCCOC(=O)C(=CCCl)CCNC. The molecule has 3 nitrogen and oxygen atoms in total. The quantitative estimate of drug-likeness (QED) is 0.403. The predicted molar refractivity (Wildman–Crippen MR) is 58.6 cm³/mol. The third kappa shape index (κ3) is 6.00. The molecule has 0 rings (SSSR count). The molecule has 14 heavy (non-hydrogen) atoms. The molecule has 4 heteroatoms. The van der Waals surface area contributed by atoms with E-state index in [0.29, 0.717) is 24.5 Å². The van der Waals surface area contributed by atoms with Gasteiger partial charge in [0.25, 0.3) is 0 Å². The molecule has 0 aliphatic heterocycles. The number of carbonyl (C=O) groups excluding carboxylic acids is 1. The molecule has 0 amide bonds. The van der Waals surface area contributed by atoms with Gasteiger partial charge in [-0.15, -0.1) is 11.6 Å². The molecule has 0 fully saturated rings. The molecule has 0 aromatic heterocycles. The summed E-state index contributed by atoms with van der Waals surface area (Å²) in [5.74, 6) is 0.100. The van der Waals surface area contributed by atoms with Gasteiger partial charge in [0.1, 0.15) is 0 Å². The average molecular weight is 220 g/mol. The second-order valence-corrected chi connectivity index (χ2v) is 3.18. The van der Waals surface area contributed by atoms with Gasteiger partial charge in [-0.05, 0) is 26.4 Å². The number of nitrogens with one attached hydrogen (secondary N) is 1. The van der Waals surface area contributed by atoms with Crippen LogP contribution in [-0.2, 0) is 9.53 Å². The van der Waals surface area contributed by atoms with Crippen LogP contribution in [0.5, 0.6) is 0 Å². The van der Waals surface area contributed by atoms with Crippen molar-refractivity contribution in [2.75, 3.05) is 26.1 Å². The molecule has 0 radical (unpaired) electrons. The fourth-order valence-electron chi connectivity index (χ4n) is 0.928. The zero-order valence-corrected chi connectivity index (χ0v) is 9.56. The Balaban J connectivity index is 4.05. The van der Waals surface area contributed by atoms with Crippen molar-refractivity contribution in [3.8, 4) is 0 Å². The van der Waals surface area contributed by atoms with E-state index in [1.54, 1.807) is 6.08 Å². The van der Waals surface area contributed by atoms with E-state index in [2.05, 4.69) is 5.32 Å². The Morgan fingerprint density at radius 3 is 2.79 bits per heavy atom. The second kappa shape index (κ2) is 9.03. The summed E-state index contributed by atoms with van der Waals surface area (Å²) in [5.41, 5.74) is 0.655. The number of alkyl halides is 1. The van der Waals surface area contributed by atoms with Gasteiger partial charge in [-0.1, -0.05) is 13.0 Å². The van der Waals surface area contributed by atoms with Crippen LogP contribution in [0.15, 0.2) is 11.6 Å². The first-order chi connectivity index (χ1) is 6.76. The maximum absolute atomic E-state index is 11.4. The van der Waals surface area contributed by atoms with Crippen LogP contribution in [0.2, 0.25) is 0 Å². The Bertz CT molecular complexity index is 193. The van der Waals surface area contributed by atoms with Gasteiger partial charge >= 0.3 is 5.97 Å². The molecule has 0 saturated heterocycles. The van der Waals surface area contributed by atoms with Crippen molar-refractivity contribution in [3.05, 3.63) is 11.6 Å². The molecule has 1 N–H and O–H groups in total. The summed E-state index contributed by atoms with van der Waals surface area (Å²) in [6.45, 7) is 3.19.